The smallest absolute Gasteiger partial charge is 0.0645 e. The van der Waals surface area contributed by atoms with Gasteiger partial charge in [0, 0.05) is 17.2 Å². The maximum Gasteiger partial charge on any atom is 0.0645 e. The lowest BCUT2D eigenvalue weighted by atomic mass is 9.76. The summed E-state index contributed by atoms with van der Waals surface area (Å²) >= 11 is 12.9. The normalized spacial score (nSPS) is 22.8. The first-order valence-electron chi connectivity index (χ1n) is 9.29. The van der Waals surface area contributed by atoms with E-state index in [-0.39, 0.29) is 6.04 Å². The Morgan fingerprint density at radius 2 is 1.59 bits per heavy atom. The Labute approximate surface area is 169 Å². The predicted molar refractivity (Wildman–Crippen MR) is 115 cm³/mol. The third-order valence-corrected chi connectivity index (χ3v) is 6.63. The van der Waals surface area contributed by atoms with Crippen LogP contribution in [0.3, 0.4) is 0 Å². The minimum Gasteiger partial charge on any atom is -0.377 e. The van der Waals surface area contributed by atoms with E-state index in [9.17, 15) is 0 Å². The van der Waals surface area contributed by atoms with Crippen LogP contribution in [0.1, 0.15) is 29.5 Å². The molecule has 3 heteroatoms. The second kappa shape index (κ2) is 6.74. The minimum absolute atomic E-state index is 0.133. The summed E-state index contributed by atoms with van der Waals surface area (Å²) < 4.78 is 0. The van der Waals surface area contributed by atoms with Gasteiger partial charge in [0.2, 0.25) is 0 Å². The lowest BCUT2D eigenvalue weighted by Gasteiger charge is -2.39. The van der Waals surface area contributed by atoms with Crippen molar-refractivity contribution in [2.24, 2.45) is 5.92 Å². The van der Waals surface area contributed by atoms with E-state index in [2.05, 4.69) is 72.1 Å². The zero-order valence-corrected chi connectivity index (χ0v) is 16.2. The molecular weight excluding hydrogens is 373 g/mol. The summed E-state index contributed by atoms with van der Waals surface area (Å²) in [6.07, 6.45) is 5.69. The van der Waals surface area contributed by atoms with Gasteiger partial charge in [-0.3, -0.25) is 0 Å². The zero-order valence-electron chi connectivity index (χ0n) is 14.7. The van der Waals surface area contributed by atoms with Gasteiger partial charge in [-0.25, -0.2) is 0 Å². The number of allylic oxidation sites excluding steroid dienone is 2. The summed E-state index contributed by atoms with van der Waals surface area (Å²) in [6, 6.07) is 23.2. The van der Waals surface area contributed by atoms with Crippen LogP contribution in [0, 0.1) is 5.92 Å². The minimum atomic E-state index is 0.133. The molecule has 0 radical (unpaired) electrons. The van der Waals surface area contributed by atoms with E-state index < -0.39 is 0 Å². The van der Waals surface area contributed by atoms with Gasteiger partial charge >= 0.3 is 0 Å². The molecule has 0 fully saturated rings. The van der Waals surface area contributed by atoms with Gasteiger partial charge in [-0.1, -0.05) is 96.0 Å². The van der Waals surface area contributed by atoms with Crippen molar-refractivity contribution in [1.82, 2.24) is 0 Å². The second-order valence-electron chi connectivity index (χ2n) is 7.25. The summed E-state index contributed by atoms with van der Waals surface area (Å²) in [6.45, 7) is 0. The van der Waals surface area contributed by atoms with Crippen molar-refractivity contribution in [3.63, 3.8) is 0 Å². The number of para-hydroxylation sites is 1. The van der Waals surface area contributed by atoms with Crippen LogP contribution in [0.2, 0.25) is 10.0 Å². The van der Waals surface area contributed by atoms with Gasteiger partial charge in [0.25, 0.3) is 0 Å². The van der Waals surface area contributed by atoms with Crippen LogP contribution in [-0.2, 0) is 0 Å². The Hall–Kier alpha value is -2.22. The van der Waals surface area contributed by atoms with Gasteiger partial charge in [-0.05, 0) is 35.1 Å². The Kier molecular flexibility index (Phi) is 4.22. The van der Waals surface area contributed by atoms with Gasteiger partial charge in [0.05, 0.1) is 16.1 Å². The molecular formula is C24H19Cl2N. The van der Waals surface area contributed by atoms with Crippen molar-refractivity contribution >= 4 is 28.9 Å². The van der Waals surface area contributed by atoms with Crippen molar-refractivity contribution in [3.05, 3.63) is 100 Å². The summed E-state index contributed by atoms with van der Waals surface area (Å²) in [7, 11) is 0. The van der Waals surface area contributed by atoms with Crippen LogP contribution in [-0.4, -0.2) is 0 Å². The van der Waals surface area contributed by atoms with Gasteiger partial charge < -0.3 is 5.32 Å². The second-order valence-corrected chi connectivity index (χ2v) is 8.04. The Bertz CT molecular complexity index is 1030. The molecule has 3 aromatic carbocycles. The van der Waals surface area contributed by atoms with Crippen molar-refractivity contribution in [2.45, 2.75) is 18.4 Å². The largest absolute Gasteiger partial charge is 0.377 e. The van der Waals surface area contributed by atoms with E-state index in [1.807, 2.05) is 12.1 Å². The number of benzene rings is 3. The molecule has 1 heterocycles. The van der Waals surface area contributed by atoms with Gasteiger partial charge in [-0.2, -0.15) is 0 Å². The Morgan fingerprint density at radius 3 is 2.44 bits per heavy atom. The first-order chi connectivity index (χ1) is 13.2. The third kappa shape index (κ3) is 2.77. The summed E-state index contributed by atoms with van der Waals surface area (Å²) in [5.41, 5.74) is 6.10. The molecule has 3 aromatic rings. The van der Waals surface area contributed by atoms with Gasteiger partial charge in [-0.15, -0.1) is 0 Å². The topological polar surface area (TPSA) is 12.0 Å². The predicted octanol–water partition coefficient (Wildman–Crippen LogP) is 7.49. The molecule has 1 aliphatic carbocycles. The number of hydrogen-bond acceptors (Lipinski definition) is 1. The first-order valence-corrected chi connectivity index (χ1v) is 10.0. The zero-order chi connectivity index (χ0) is 18.4. The number of halogens is 2. The van der Waals surface area contributed by atoms with Crippen molar-refractivity contribution in [2.75, 3.05) is 5.32 Å². The quantitative estimate of drug-likeness (QED) is 0.446. The molecule has 0 bridgehead atoms. The maximum absolute atomic E-state index is 6.61. The van der Waals surface area contributed by atoms with E-state index in [1.54, 1.807) is 0 Å². The van der Waals surface area contributed by atoms with Crippen LogP contribution >= 0.6 is 23.2 Å². The van der Waals surface area contributed by atoms with Crippen molar-refractivity contribution in [3.8, 4) is 11.1 Å². The molecule has 134 valence electrons. The Balaban J connectivity index is 1.68. The van der Waals surface area contributed by atoms with E-state index in [0.717, 1.165) is 12.0 Å². The number of rotatable bonds is 2. The molecule has 5 rings (SSSR count). The molecule has 1 nitrogen and oxygen atoms in total. The molecule has 0 unspecified atom stereocenters. The summed E-state index contributed by atoms with van der Waals surface area (Å²) in [5, 5.41) is 5.10. The lowest BCUT2D eigenvalue weighted by Crippen LogP contribution is -2.29. The van der Waals surface area contributed by atoms with Crippen molar-refractivity contribution in [1.29, 1.82) is 0 Å². The molecule has 0 amide bonds. The van der Waals surface area contributed by atoms with E-state index >= 15 is 0 Å². The number of fused-ring (bicyclic) bond motifs is 3. The molecule has 1 N–H and O–H groups in total. The fourth-order valence-corrected chi connectivity index (χ4v) is 4.97. The van der Waals surface area contributed by atoms with Gasteiger partial charge in [0.1, 0.15) is 0 Å². The number of hydrogen-bond donors (Lipinski definition) is 1. The van der Waals surface area contributed by atoms with Crippen LogP contribution in [0.5, 0.6) is 0 Å². The van der Waals surface area contributed by atoms with E-state index in [0.29, 0.717) is 21.9 Å². The molecule has 0 spiro atoms. The first kappa shape index (κ1) is 16.9. The molecule has 2 aliphatic rings. The average Bonchev–Trinajstić information content (AvgIpc) is 3.20. The standard InChI is InChI=1S/C24H19Cl2N/c25-21-14-6-13-20(22(21)26)24-19-12-5-10-17(19)18-11-4-9-16(23(18)27-24)15-7-2-1-3-8-15/h1-11,13-14,17,19,24,27H,12H2/t17-,19+,24+/m0/s1. The van der Waals surface area contributed by atoms with E-state index in [4.69, 9.17) is 23.2 Å². The van der Waals surface area contributed by atoms with Crippen LogP contribution in [0.25, 0.3) is 11.1 Å². The SMILES string of the molecule is Clc1cccc([C@@H]2Nc3c(-c4ccccc4)cccc3[C@@H]3C=CC[C@H]32)c1Cl. The molecule has 0 aromatic heterocycles. The molecule has 1 aliphatic heterocycles. The lowest BCUT2D eigenvalue weighted by molar-refractivity contribution is 0.426. The highest BCUT2D eigenvalue weighted by Gasteiger charge is 2.39. The Morgan fingerprint density at radius 1 is 0.815 bits per heavy atom. The van der Waals surface area contributed by atoms with Crippen LogP contribution < -0.4 is 5.32 Å². The molecule has 0 saturated heterocycles. The monoisotopic (exact) mass is 391 g/mol. The highest BCUT2D eigenvalue weighted by Crippen LogP contribution is 2.53. The molecule has 3 atom stereocenters. The molecule has 0 saturated carbocycles. The van der Waals surface area contributed by atoms with Gasteiger partial charge in [0.15, 0.2) is 0 Å². The van der Waals surface area contributed by atoms with Crippen LogP contribution in [0.4, 0.5) is 5.69 Å². The highest BCUT2D eigenvalue weighted by molar-refractivity contribution is 6.42. The molecule has 27 heavy (non-hydrogen) atoms. The highest BCUT2D eigenvalue weighted by atomic mass is 35.5. The van der Waals surface area contributed by atoms with E-state index in [1.165, 1.54) is 22.4 Å². The van der Waals surface area contributed by atoms with Crippen LogP contribution in [0.15, 0.2) is 78.9 Å². The fourth-order valence-electron chi connectivity index (χ4n) is 4.55. The van der Waals surface area contributed by atoms with Crippen molar-refractivity contribution < 1.29 is 0 Å². The third-order valence-electron chi connectivity index (χ3n) is 5.80. The number of anilines is 1. The maximum atomic E-state index is 6.61. The summed E-state index contributed by atoms with van der Waals surface area (Å²) in [5.74, 6) is 0.837. The summed E-state index contributed by atoms with van der Waals surface area (Å²) in [4.78, 5) is 0. The number of nitrogens with one attached hydrogen (secondary N) is 1. The average molecular weight is 392 g/mol. The fraction of sp³-hybridized carbons (Fsp3) is 0.167.